The molecule has 2 aliphatic heterocycles. The van der Waals surface area contributed by atoms with Crippen LogP contribution in [0.4, 0.5) is 0 Å². The fraction of sp³-hybridized carbons (Fsp3) is 0.400. The Morgan fingerprint density at radius 2 is 2.21 bits per heavy atom. The quantitative estimate of drug-likeness (QED) is 0.237. The first kappa shape index (κ1) is 20.7. The molecule has 154 valence electrons. The molecule has 0 unspecified atom stereocenters. The molecule has 0 aromatic carbocycles. The highest BCUT2D eigenvalue weighted by molar-refractivity contribution is 8.00. The topological polar surface area (TPSA) is 160 Å². The predicted molar refractivity (Wildman–Crippen MR) is 99.8 cm³/mol. The summed E-state index contributed by atoms with van der Waals surface area (Å²) < 4.78 is 8.53. The van der Waals surface area contributed by atoms with E-state index in [1.165, 1.54) is 31.2 Å². The molecule has 0 radical (unpaired) electrons. The van der Waals surface area contributed by atoms with E-state index in [0.29, 0.717) is 5.57 Å². The van der Waals surface area contributed by atoms with Gasteiger partial charge >= 0.3 is 11.9 Å². The number of amides is 2. The summed E-state index contributed by atoms with van der Waals surface area (Å²) in [6.45, 7) is 0.982. The highest BCUT2D eigenvalue weighted by Gasteiger charge is 2.54. The summed E-state index contributed by atoms with van der Waals surface area (Å²) >= 11 is 2.27. The molecule has 0 saturated carbocycles. The molecule has 12 nitrogen and oxygen atoms in total. The number of carbonyl (C=O) groups excluding carboxylic acids is 3. The number of hydrogen-bond acceptors (Lipinski definition) is 11. The second-order valence-electron chi connectivity index (χ2n) is 5.81. The Bertz CT molecular complexity index is 914. The van der Waals surface area contributed by atoms with Crippen LogP contribution in [0.3, 0.4) is 0 Å². The van der Waals surface area contributed by atoms with Crippen LogP contribution in [0, 0.1) is 0 Å². The van der Waals surface area contributed by atoms with E-state index in [2.05, 4.69) is 24.9 Å². The van der Waals surface area contributed by atoms with Crippen LogP contribution >= 0.6 is 23.3 Å². The molecule has 1 aromatic heterocycles. The number of nitrogens with zero attached hydrogens (tertiary/aromatic N) is 4. The summed E-state index contributed by atoms with van der Waals surface area (Å²) in [5.41, 5.74) is 0.101. The van der Waals surface area contributed by atoms with E-state index in [1.807, 2.05) is 0 Å². The Balaban J connectivity index is 1.77. The third kappa shape index (κ3) is 4.07. The Hall–Kier alpha value is -3.00. The molecule has 2 aliphatic rings. The van der Waals surface area contributed by atoms with Crippen LogP contribution in [0.5, 0.6) is 0 Å². The van der Waals surface area contributed by atoms with Crippen molar-refractivity contribution in [3.63, 3.8) is 0 Å². The summed E-state index contributed by atoms with van der Waals surface area (Å²) in [6, 6.07) is -0.953. The molecule has 0 bridgehead atoms. The van der Waals surface area contributed by atoms with Crippen molar-refractivity contribution in [1.29, 1.82) is 0 Å². The van der Waals surface area contributed by atoms with Crippen molar-refractivity contribution in [2.24, 2.45) is 5.16 Å². The van der Waals surface area contributed by atoms with Crippen LogP contribution in [0.1, 0.15) is 12.6 Å². The monoisotopic (exact) mass is 441 g/mol. The van der Waals surface area contributed by atoms with Crippen LogP contribution in [-0.2, 0) is 28.8 Å². The van der Waals surface area contributed by atoms with Crippen LogP contribution in [0.25, 0.3) is 0 Å². The Morgan fingerprint density at radius 3 is 2.79 bits per heavy atom. The molecule has 29 heavy (non-hydrogen) atoms. The number of carbonyl (C=O) groups is 4. The van der Waals surface area contributed by atoms with Crippen LogP contribution in [0.2, 0.25) is 0 Å². The number of aliphatic carboxylic acids is 1. The second-order valence-corrected chi connectivity index (χ2v) is 7.53. The van der Waals surface area contributed by atoms with Gasteiger partial charge in [0.15, 0.2) is 5.71 Å². The average molecular weight is 441 g/mol. The van der Waals surface area contributed by atoms with Crippen molar-refractivity contribution in [2.45, 2.75) is 18.3 Å². The molecule has 3 rings (SSSR count). The smallest absolute Gasteiger partial charge is 0.352 e. The Labute approximate surface area is 172 Å². The molecule has 0 spiro atoms. The summed E-state index contributed by atoms with van der Waals surface area (Å²) in [5, 5.41) is 20.3. The number of nitrogens with one attached hydrogen (secondary N) is 1. The minimum Gasteiger partial charge on any atom is -0.477 e. The van der Waals surface area contributed by atoms with Gasteiger partial charge in [0.05, 0.1) is 0 Å². The molecule has 2 amide bonds. The molecule has 3 heterocycles. The Morgan fingerprint density at radius 1 is 1.45 bits per heavy atom. The van der Waals surface area contributed by atoms with Crippen LogP contribution in [-0.4, -0.2) is 79.9 Å². The number of carboxylic acid groups (broad SMARTS) is 1. The lowest BCUT2D eigenvalue weighted by Gasteiger charge is -2.49. The number of fused-ring (bicyclic) bond motifs is 1. The number of oxime groups is 1. The molecular weight excluding hydrogens is 426 g/mol. The molecule has 2 atom stereocenters. The maximum Gasteiger partial charge on any atom is 0.352 e. The minimum absolute atomic E-state index is 0.155. The largest absolute Gasteiger partial charge is 0.477 e. The Kier molecular flexibility index (Phi) is 6.12. The van der Waals surface area contributed by atoms with Gasteiger partial charge in [-0.05, 0) is 11.5 Å². The SMILES string of the molecule is CON=C(C(=O)N[C@@H]1C(=O)N2C(C(=O)O)=C(COC(C)=O)CS[C@H]12)c1csnn1. The van der Waals surface area contributed by atoms with Gasteiger partial charge < -0.3 is 20.0 Å². The van der Waals surface area contributed by atoms with E-state index in [9.17, 15) is 24.3 Å². The predicted octanol–water partition coefficient (Wildman–Crippen LogP) is -0.810. The van der Waals surface area contributed by atoms with Crippen molar-refractivity contribution in [3.05, 3.63) is 22.3 Å². The molecule has 0 aliphatic carbocycles. The van der Waals surface area contributed by atoms with Gasteiger partial charge in [-0.15, -0.1) is 16.9 Å². The van der Waals surface area contributed by atoms with Crippen molar-refractivity contribution in [1.82, 2.24) is 19.8 Å². The maximum atomic E-state index is 12.6. The van der Waals surface area contributed by atoms with E-state index in [1.54, 1.807) is 0 Å². The van der Waals surface area contributed by atoms with Crippen molar-refractivity contribution in [3.8, 4) is 0 Å². The number of carboxylic acids is 1. The van der Waals surface area contributed by atoms with Gasteiger partial charge in [-0.3, -0.25) is 19.3 Å². The highest BCUT2D eigenvalue weighted by atomic mass is 32.2. The van der Waals surface area contributed by atoms with E-state index >= 15 is 0 Å². The zero-order chi connectivity index (χ0) is 21.1. The minimum atomic E-state index is -1.31. The summed E-state index contributed by atoms with van der Waals surface area (Å²) in [4.78, 5) is 53.6. The summed E-state index contributed by atoms with van der Waals surface area (Å²) in [6.07, 6.45) is 0. The van der Waals surface area contributed by atoms with Crippen molar-refractivity contribution >= 4 is 52.8 Å². The average Bonchev–Trinajstić information content (AvgIpc) is 3.21. The maximum absolute atomic E-state index is 12.6. The van der Waals surface area contributed by atoms with Crippen molar-refractivity contribution in [2.75, 3.05) is 19.5 Å². The molecule has 1 fully saturated rings. The zero-order valence-electron chi connectivity index (χ0n) is 15.1. The van der Waals surface area contributed by atoms with E-state index in [4.69, 9.17) is 4.74 Å². The first-order chi connectivity index (χ1) is 13.8. The number of esters is 1. The number of aromatic nitrogens is 2. The first-order valence-electron chi connectivity index (χ1n) is 8.08. The van der Waals surface area contributed by atoms with Gasteiger partial charge in [-0.2, -0.15) is 0 Å². The fourth-order valence-electron chi connectivity index (χ4n) is 2.76. The van der Waals surface area contributed by atoms with Crippen LogP contribution in [0.15, 0.2) is 21.8 Å². The van der Waals surface area contributed by atoms with E-state index in [0.717, 1.165) is 16.4 Å². The lowest BCUT2D eigenvalue weighted by atomic mass is 10.0. The molecule has 2 N–H and O–H groups in total. The number of ether oxygens (including phenoxy) is 1. The van der Waals surface area contributed by atoms with Gasteiger partial charge in [-0.1, -0.05) is 9.64 Å². The lowest BCUT2D eigenvalue weighted by molar-refractivity contribution is -0.150. The van der Waals surface area contributed by atoms with Gasteiger partial charge in [0.2, 0.25) is 0 Å². The number of thioether (sulfide) groups is 1. The zero-order valence-corrected chi connectivity index (χ0v) is 16.8. The first-order valence-corrected chi connectivity index (χ1v) is 9.96. The normalized spacial score (nSPS) is 21.2. The molecular formula is C15H15N5O7S2. The second kappa shape index (κ2) is 8.57. The fourth-order valence-corrected chi connectivity index (χ4v) is 4.52. The summed E-state index contributed by atoms with van der Waals surface area (Å²) in [7, 11) is 1.26. The molecule has 1 saturated heterocycles. The lowest BCUT2D eigenvalue weighted by Crippen LogP contribution is -2.71. The highest BCUT2D eigenvalue weighted by Crippen LogP contribution is 2.40. The summed E-state index contributed by atoms with van der Waals surface area (Å²) in [5.74, 6) is -2.95. The number of β-lactam (4-membered cyclic amide) rings is 1. The van der Waals surface area contributed by atoms with Gasteiger partial charge in [0.25, 0.3) is 11.8 Å². The van der Waals surface area contributed by atoms with Crippen molar-refractivity contribution < 1.29 is 33.9 Å². The standard InChI is InChI=1S/C15H15N5O7S2/c1-6(21)27-3-7-4-28-14-10(13(23)20(14)11(7)15(24)25)16-12(22)9(18-26-2)8-5-29-19-17-8/h5,10,14H,3-4H2,1-2H3,(H,16,22)(H,24,25)/t10-,14-/m1/s1. The van der Waals surface area contributed by atoms with Crippen LogP contribution < -0.4 is 5.32 Å². The van der Waals surface area contributed by atoms with Gasteiger partial charge in [-0.25, -0.2) is 4.79 Å². The van der Waals surface area contributed by atoms with E-state index < -0.39 is 35.2 Å². The van der Waals surface area contributed by atoms with Gasteiger partial charge in [0.1, 0.15) is 36.5 Å². The number of rotatable bonds is 7. The number of hydrogen-bond donors (Lipinski definition) is 2. The van der Waals surface area contributed by atoms with Gasteiger partial charge in [0, 0.05) is 23.6 Å². The molecule has 1 aromatic rings. The van der Waals surface area contributed by atoms with E-state index in [-0.39, 0.29) is 29.5 Å². The third-order valence-electron chi connectivity index (χ3n) is 3.99. The third-order valence-corrected chi connectivity index (χ3v) is 5.83. The molecule has 14 heteroatoms.